The second-order valence-corrected chi connectivity index (χ2v) is 10.9. The quantitative estimate of drug-likeness (QED) is 0.265. The molecule has 0 aliphatic heterocycles. The molecule has 2 fully saturated rings. The average Bonchev–Trinajstić information content (AvgIpc) is 3.61. The highest BCUT2D eigenvalue weighted by atomic mass is 16.6. The summed E-state index contributed by atoms with van der Waals surface area (Å²) in [5, 5.41) is 0. The third-order valence-electron chi connectivity index (χ3n) is 8.68. The number of rotatable bonds is 8. The molecule has 2 aromatic carbocycles. The van der Waals surface area contributed by atoms with E-state index in [0.717, 1.165) is 24.0 Å². The van der Waals surface area contributed by atoms with Gasteiger partial charge in [0.05, 0.1) is 11.1 Å². The second-order valence-electron chi connectivity index (χ2n) is 10.9. The first-order valence-corrected chi connectivity index (χ1v) is 13.8. The van der Waals surface area contributed by atoms with Gasteiger partial charge in [0.2, 0.25) is 0 Å². The summed E-state index contributed by atoms with van der Waals surface area (Å²) in [4.78, 5) is 26.2. The van der Waals surface area contributed by atoms with Crippen molar-refractivity contribution in [2.45, 2.75) is 45.8 Å². The minimum absolute atomic E-state index is 0.117. The number of hydrogen-bond donors (Lipinski definition) is 0. The summed E-state index contributed by atoms with van der Waals surface area (Å²) in [5.41, 5.74) is 5.78. The fourth-order valence-electron chi connectivity index (χ4n) is 6.69. The van der Waals surface area contributed by atoms with Crippen LogP contribution in [0.4, 0.5) is 0 Å². The molecule has 6 atom stereocenters. The van der Waals surface area contributed by atoms with Gasteiger partial charge in [-0.3, -0.25) is 0 Å². The molecule has 0 saturated heterocycles. The second kappa shape index (κ2) is 11.4. The van der Waals surface area contributed by atoms with Crippen molar-refractivity contribution in [2.24, 2.45) is 23.7 Å². The van der Waals surface area contributed by atoms with Crippen LogP contribution in [0.3, 0.4) is 0 Å². The molecule has 200 valence electrons. The minimum Gasteiger partial charge on any atom is -0.455 e. The van der Waals surface area contributed by atoms with Gasteiger partial charge in [0.15, 0.2) is 0 Å². The Morgan fingerprint density at radius 3 is 2.00 bits per heavy atom. The van der Waals surface area contributed by atoms with Crippen LogP contribution in [0, 0.1) is 23.7 Å². The van der Waals surface area contributed by atoms with Gasteiger partial charge in [-0.2, -0.15) is 0 Å². The molecule has 0 radical (unpaired) electrons. The summed E-state index contributed by atoms with van der Waals surface area (Å²) in [6, 6.07) is 18.1. The maximum atomic E-state index is 13.1. The van der Waals surface area contributed by atoms with E-state index in [2.05, 4.69) is 38.7 Å². The Bertz CT molecular complexity index is 1360. The summed E-state index contributed by atoms with van der Waals surface area (Å²) >= 11 is 0. The Kier molecular flexibility index (Phi) is 7.83. The number of ether oxygens (including phenoxy) is 2. The van der Waals surface area contributed by atoms with Crippen molar-refractivity contribution < 1.29 is 19.1 Å². The minimum atomic E-state index is -0.476. The molecule has 2 bridgehead atoms. The van der Waals surface area contributed by atoms with E-state index in [1.165, 1.54) is 11.1 Å². The lowest BCUT2D eigenvalue weighted by Crippen LogP contribution is -2.46. The molecular weight excluding hydrogens is 484 g/mol. The molecule has 39 heavy (non-hydrogen) atoms. The van der Waals surface area contributed by atoms with Crippen molar-refractivity contribution in [3.8, 4) is 0 Å². The Labute approximate surface area is 231 Å². The molecule has 0 aromatic heterocycles. The Balaban J connectivity index is 1.39. The van der Waals surface area contributed by atoms with E-state index in [9.17, 15) is 9.59 Å². The molecule has 6 unspecified atom stereocenters. The van der Waals surface area contributed by atoms with E-state index < -0.39 is 12.2 Å². The highest BCUT2D eigenvalue weighted by Gasteiger charge is 2.63. The van der Waals surface area contributed by atoms with E-state index in [1.54, 1.807) is 24.3 Å². The number of carbonyl (C=O) groups is 2. The van der Waals surface area contributed by atoms with Crippen LogP contribution in [0.25, 0.3) is 0 Å². The molecule has 0 amide bonds. The van der Waals surface area contributed by atoms with E-state index in [1.807, 2.05) is 55.5 Å². The SMILES string of the molecule is C=C(/C=C\C1=C(C)C2C(C1)C1CC2C(OC(=O)c2ccccc2)C1OC(=O)c1ccccc1)/C(C)=C/C=C\C. The number of allylic oxidation sites excluding steroid dienone is 9. The Hall–Kier alpha value is -3.92. The van der Waals surface area contributed by atoms with Crippen molar-refractivity contribution in [1.29, 1.82) is 0 Å². The average molecular weight is 521 g/mol. The zero-order valence-electron chi connectivity index (χ0n) is 22.9. The van der Waals surface area contributed by atoms with Crippen LogP contribution < -0.4 is 0 Å². The highest BCUT2D eigenvalue weighted by molar-refractivity contribution is 5.90. The monoisotopic (exact) mass is 520 g/mol. The fraction of sp³-hybridized carbons (Fsp3) is 0.314. The van der Waals surface area contributed by atoms with Gasteiger partial charge in [-0.15, -0.1) is 0 Å². The van der Waals surface area contributed by atoms with Crippen molar-refractivity contribution in [3.05, 3.63) is 131 Å². The van der Waals surface area contributed by atoms with Crippen molar-refractivity contribution in [2.75, 3.05) is 0 Å². The molecular formula is C35H36O4. The van der Waals surface area contributed by atoms with Gasteiger partial charge in [-0.05, 0) is 86.4 Å². The maximum Gasteiger partial charge on any atom is 0.338 e. The standard InChI is InChI=1S/C35H36O4/c1-5-6-13-22(2)23(3)18-19-27-20-28-29-21-30(31(28)24(27)4)33(39-35(37)26-16-11-8-12-17-26)32(29)38-34(36)25-14-9-7-10-15-25/h5-19,28-33H,3,20-21H2,1-2,4H3/b6-5-,19-18-,22-13+. The first-order chi connectivity index (χ1) is 18.9. The lowest BCUT2D eigenvalue weighted by molar-refractivity contribution is -0.0745. The summed E-state index contributed by atoms with van der Waals surface area (Å²) in [6.45, 7) is 10.5. The van der Waals surface area contributed by atoms with E-state index in [0.29, 0.717) is 23.0 Å². The molecule has 2 saturated carbocycles. The van der Waals surface area contributed by atoms with Gasteiger partial charge in [0, 0.05) is 11.8 Å². The summed E-state index contributed by atoms with van der Waals surface area (Å²) in [5.74, 6) is 0.191. The van der Waals surface area contributed by atoms with Gasteiger partial charge in [-0.25, -0.2) is 9.59 Å². The van der Waals surface area contributed by atoms with Crippen LogP contribution in [-0.4, -0.2) is 24.1 Å². The van der Waals surface area contributed by atoms with Gasteiger partial charge < -0.3 is 9.47 Å². The molecule has 2 aromatic rings. The Morgan fingerprint density at radius 1 is 0.872 bits per heavy atom. The molecule has 4 heteroatoms. The topological polar surface area (TPSA) is 52.6 Å². The van der Waals surface area contributed by atoms with E-state index in [-0.39, 0.29) is 23.8 Å². The van der Waals surface area contributed by atoms with E-state index in [4.69, 9.17) is 9.47 Å². The van der Waals surface area contributed by atoms with Crippen LogP contribution in [0.1, 0.15) is 54.3 Å². The van der Waals surface area contributed by atoms with Crippen LogP contribution in [0.15, 0.2) is 120 Å². The number of carbonyl (C=O) groups excluding carboxylic acids is 2. The summed E-state index contributed by atoms with van der Waals surface area (Å²) in [6.07, 6.45) is 11.3. The largest absolute Gasteiger partial charge is 0.455 e. The molecule has 3 aliphatic rings. The van der Waals surface area contributed by atoms with Crippen molar-refractivity contribution in [3.63, 3.8) is 0 Å². The van der Waals surface area contributed by atoms with Crippen molar-refractivity contribution >= 4 is 11.9 Å². The Morgan fingerprint density at radius 2 is 1.44 bits per heavy atom. The number of benzene rings is 2. The third-order valence-corrected chi connectivity index (χ3v) is 8.68. The van der Waals surface area contributed by atoms with Crippen LogP contribution in [-0.2, 0) is 9.47 Å². The molecule has 0 N–H and O–H groups in total. The van der Waals surface area contributed by atoms with Gasteiger partial charge in [0.25, 0.3) is 0 Å². The first kappa shape index (κ1) is 26.7. The van der Waals surface area contributed by atoms with Gasteiger partial charge in [-0.1, -0.05) is 78.9 Å². The van der Waals surface area contributed by atoms with Crippen molar-refractivity contribution in [1.82, 2.24) is 0 Å². The number of esters is 2. The summed E-state index contributed by atoms with van der Waals surface area (Å²) in [7, 11) is 0. The predicted octanol–water partition coefficient (Wildman–Crippen LogP) is 7.67. The normalized spacial score (nSPS) is 27.8. The highest BCUT2D eigenvalue weighted by Crippen LogP contribution is 2.62. The fourth-order valence-corrected chi connectivity index (χ4v) is 6.69. The van der Waals surface area contributed by atoms with Crippen LogP contribution in [0.5, 0.6) is 0 Å². The molecule has 5 rings (SSSR count). The summed E-state index contributed by atoms with van der Waals surface area (Å²) < 4.78 is 12.3. The number of hydrogen-bond acceptors (Lipinski definition) is 4. The first-order valence-electron chi connectivity index (χ1n) is 13.8. The molecule has 3 aliphatic carbocycles. The van der Waals surface area contributed by atoms with Gasteiger partial charge >= 0.3 is 11.9 Å². The van der Waals surface area contributed by atoms with Crippen LogP contribution in [0.2, 0.25) is 0 Å². The molecule has 0 spiro atoms. The maximum absolute atomic E-state index is 13.1. The zero-order chi connectivity index (χ0) is 27.5. The van der Waals surface area contributed by atoms with E-state index >= 15 is 0 Å². The van der Waals surface area contributed by atoms with Crippen LogP contribution >= 0.6 is 0 Å². The lowest BCUT2D eigenvalue weighted by atomic mass is 9.76. The lowest BCUT2D eigenvalue weighted by Gasteiger charge is -2.37. The predicted molar refractivity (Wildman–Crippen MR) is 154 cm³/mol. The zero-order valence-corrected chi connectivity index (χ0v) is 22.9. The number of fused-ring (bicyclic) bond motifs is 5. The molecule has 4 nitrogen and oxygen atoms in total. The molecule has 0 heterocycles. The smallest absolute Gasteiger partial charge is 0.338 e. The van der Waals surface area contributed by atoms with Gasteiger partial charge in [0.1, 0.15) is 12.2 Å². The third kappa shape index (κ3) is 5.34.